The Morgan fingerprint density at radius 1 is 1.23 bits per heavy atom. The van der Waals surface area contributed by atoms with E-state index in [1.807, 2.05) is 0 Å². The number of methoxy groups -OCH3 is 1. The summed E-state index contributed by atoms with van der Waals surface area (Å²) in [7, 11) is -2.33. The zero-order valence-electron chi connectivity index (χ0n) is 16.9. The topological polar surface area (TPSA) is 108 Å². The molecule has 2 aliphatic heterocycles. The van der Waals surface area contributed by atoms with E-state index in [0.717, 1.165) is 6.42 Å². The van der Waals surface area contributed by atoms with Crippen molar-refractivity contribution in [3.8, 4) is 0 Å². The third-order valence-electron chi connectivity index (χ3n) is 5.82. The first-order valence-corrected chi connectivity index (χ1v) is 13.0. The molecule has 2 fully saturated rings. The lowest BCUT2D eigenvalue weighted by Gasteiger charge is -2.40. The quantitative estimate of drug-likeness (QED) is 0.566. The number of hydrogen-bond donors (Lipinski definition) is 1. The Morgan fingerprint density at radius 2 is 1.97 bits per heavy atom. The molecule has 2 aliphatic rings. The van der Waals surface area contributed by atoms with Gasteiger partial charge < -0.3 is 9.64 Å². The van der Waals surface area contributed by atoms with Crippen LogP contribution in [0.4, 0.5) is 0 Å². The molecule has 1 aromatic heterocycles. The third-order valence-corrected chi connectivity index (χ3v) is 8.64. The van der Waals surface area contributed by atoms with Crippen LogP contribution in [-0.4, -0.2) is 71.3 Å². The smallest absolute Gasteiger partial charge is 0.244 e. The summed E-state index contributed by atoms with van der Waals surface area (Å²) in [5, 5.41) is 10.4. The van der Waals surface area contributed by atoms with Gasteiger partial charge in [-0.3, -0.25) is 4.79 Å². The Labute approximate surface area is 197 Å². The molecule has 3 unspecified atom stereocenters. The van der Waals surface area contributed by atoms with Crippen molar-refractivity contribution in [2.24, 2.45) is 5.92 Å². The van der Waals surface area contributed by atoms with Crippen molar-refractivity contribution in [2.45, 2.75) is 42.8 Å². The minimum Gasteiger partial charge on any atom is -0.384 e. The van der Waals surface area contributed by atoms with Crippen LogP contribution in [-0.2, 0) is 26.1 Å². The summed E-state index contributed by atoms with van der Waals surface area (Å²) < 4.78 is 35.8. The minimum atomic E-state index is -3.92. The average molecular weight is 577 g/mol. The van der Waals surface area contributed by atoms with Gasteiger partial charge in [0.1, 0.15) is 11.7 Å². The molecule has 1 aromatic carbocycles. The molecule has 2 saturated heterocycles. The molecule has 0 radical (unpaired) electrons. The number of piperidine rings is 1. The Hall–Kier alpha value is -1.34. The number of fused-ring (bicyclic) bond motifs is 2. The van der Waals surface area contributed by atoms with Crippen LogP contribution in [0.15, 0.2) is 38.2 Å². The highest BCUT2D eigenvalue weighted by Crippen LogP contribution is 2.38. The number of nitrogens with zero attached hydrogens (tertiary/aromatic N) is 4. The normalized spacial score (nSPS) is 24.9. The van der Waals surface area contributed by atoms with Crippen molar-refractivity contribution in [2.75, 3.05) is 20.3 Å². The van der Waals surface area contributed by atoms with Gasteiger partial charge >= 0.3 is 0 Å². The van der Waals surface area contributed by atoms with Crippen LogP contribution in [0.2, 0.25) is 0 Å². The van der Waals surface area contributed by atoms with Gasteiger partial charge in [-0.05, 0) is 37.5 Å². The predicted octanol–water partition coefficient (Wildman–Crippen LogP) is 2.55. The second-order valence-corrected chi connectivity index (χ2v) is 11.5. The van der Waals surface area contributed by atoms with Crippen LogP contribution in [0.5, 0.6) is 0 Å². The summed E-state index contributed by atoms with van der Waals surface area (Å²) in [6.07, 6.45) is 3.53. The van der Waals surface area contributed by atoms with Crippen LogP contribution in [0, 0.1) is 5.92 Å². The van der Waals surface area contributed by atoms with Gasteiger partial charge in [0.2, 0.25) is 15.9 Å². The van der Waals surface area contributed by atoms with Gasteiger partial charge in [-0.15, -0.1) is 0 Å². The fourth-order valence-electron chi connectivity index (χ4n) is 4.55. The highest BCUT2D eigenvalue weighted by atomic mass is 79.9. The molecule has 2 bridgehead atoms. The molecule has 31 heavy (non-hydrogen) atoms. The molecule has 4 rings (SSSR count). The maximum Gasteiger partial charge on any atom is 0.244 e. The van der Waals surface area contributed by atoms with Gasteiger partial charge in [0.05, 0.1) is 24.2 Å². The molecular weight excluding hydrogens is 554 g/mol. The molecule has 1 N–H and O–H groups in total. The van der Waals surface area contributed by atoms with Gasteiger partial charge in [0.25, 0.3) is 0 Å². The number of carbonyl (C=O) groups excluding carboxylic acids is 1. The maximum absolute atomic E-state index is 13.8. The number of aromatic amines is 1. The Bertz CT molecular complexity index is 1030. The number of rotatable bonds is 6. The summed E-state index contributed by atoms with van der Waals surface area (Å²) >= 11 is 6.75. The van der Waals surface area contributed by atoms with E-state index < -0.39 is 16.1 Å². The van der Waals surface area contributed by atoms with Crippen molar-refractivity contribution in [1.82, 2.24) is 24.6 Å². The van der Waals surface area contributed by atoms with Crippen molar-refractivity contribution in [3.05, 3.63) is 39.0 Å². The van der Waals surface area contributed by atoms with Crippen LogP contribution in [0.25, 0.3) is 0 Å². The number of carbonyl (C=O) groups is 1. The molecular formula is C19H23Br2N5O4S. The summed E-state index contributed by atoms with van der Waals surface area (Å²) in [6, 6.07) is 3.84. The first-order valence-electron chi connectivity index (χ1n) is 9.93. The second kappa shape index (κ2) is 9.26. The SMILES string of the molecule is COCC1CN(Cc2cn[nH]n2)C(=O)C2CCCC1N2S(=O)(=O)c1cc(Br)cc(Br)c1. The minimum absolute atomic E-state index is 0.152. The average Bonchev–Trinajstić information content (AvgIpc) is 3.22. The number of benzene rings is 1. The first-order chi connectivity index (χ1) is 14.8. The van der Waals surface area contributed by atoms with Gasteiger partial charge in [-0.25, -0.2) is 8.42 Å². The largest absolute Gasteiger partial charge is 0.384 e. The Morgan fingerprint density at radius 3 is 2.61 bits per heavy atom. The summed E-state index contributed by atoms with van der Waals surface area (Å²) in [5.41, 5.74) is 0.631. The zero-order valence-corrected chi connectivity index (χ0v) is 20.9. The van der Waals surface area contributed by atoms with Crippen LogP contribution in [0.3, 0.4) is 0 Å². The van der Waals surface area contributed by atoms with Gasteiger partial charge in [-0.2, -0.15) is 19.7 Å². The number of H-pyrrole nitrogens is 1. The molecule has 0 saturated carbocycles. The van der Waals surface area contributed by atoms with Crippen LogP contribution < -0.4 is 0 Å². The monoisotopic (exact) mass is 575 g/mol. The van der Waals surface area contributed by atoms with Crippen LogP contribution >= 0.6 is 31.9 Å². The second-order valence-electron chi connectivity index (χ2n) is 7.85. The number of sulfonamides is 1. The lowest BCUT2D eigenvalue weighted by atomic mass is 9.91. The van der Waals surface area contributed by atoms with Gasteiger partial charge in [0.15, 0.2) is 0 Å². The van der Waals surface area contributed by atoms with E-state index in [2.05, 4.69) is 47.3 Å². The number of aromatic nitrogens is 3. The number of halogens is 2. The van der Waals surface area contributed by atoms with E-state index in [-0.39, 0.29) is 29.3 Å². The fourth-order valence-corrected chi connectivity index (χ4v) is 8.11. The Kier molecular flexibility index (Phi) is 6.82. The maximum atomic E-state index is 13.8. The van der Waals surface area contributed by atoms with E-state index in [4.69, 9.17) is 4.74 Å². The van der Waals surface area contributed by atoms with E-state index >= 15 is 0 Å². The van der Waals surface area contributed by atoms with Gasteiger partial charge in [0, 0.05) is 34.6 Å². The predicted molar refractivity (Wildman–Crippen MR) is 119 cm³/mol. The number of hydrogen-bond acceptors (Lipinski definition) is 6. The fraction of sp³-hybridized carbons (Fsp3) is 0.526. The van der Waals surface area contributed by atoms with E-state index in [1.165, 1.54) is 4.31 Å². The Balaban J connectivity index is 1.77. The van der Waals surface area contributed by atoms with Gasteiger partial charge in [-0.1, -0.05) is 31.9 Å². The first kappa shape index (κ1) is 22.8. The third kappa shape index (κ3) is 4.58. The van der Waals surface area contributed by atoms with E-state index in [0.29, 0.717) is 40.6 Å². The standard InChI is InChI=1S/C19H23Br2N5O4S/c1-30-11-12-9-25(10-15-8-22-24-23-15)19(27)18-4-2-3-17(12)26(18)31(28,29)16-6-13(20)5-14(21)7-16/h5-8,12,17-18H,2-4,9-11H2,1H3,(H,22,23,24). The van der Waals surface area contributed by atoms with Crippen molar-refractivity contribution >= 4 is 47.8 Å². The molecule has 3 atom stereocenters. The molecule has 2 aromatic rings. The zero-order chi connectivity index (χ0) is 22.2. The summed E-state index contributed by atoms with van der Waals surface area (Å²) in [5.74, 6) is -0.361. The molecule has 168 valence electrons. The molecule has 0 spiro atoms. The van der Waals surface area contributed by atoms with E-state index in [1.54, 1.807) is 36.4 Å². The number of amides is 1. The molecule has 9 nitrogen and oxygen atoms in total. The summed E-state index contributed by atoms with van der Waals surface area (Å²) in [6.45, 7) is 1.03. The van der Waals surface area contributed by atoms with Crippen molar-refractivity contribution < 1.29 is 17.9 Å². The molecule has 1 amide bonds. The highest BCUT2D eigenvalue weighted by molar-refractivity contribution is 9.11. The lowest BCUT2D eigenvalue weighted by molar-refractivity contribution is -0.135. The number of nitrogens with one attached hydrogen (secondary N) is 1. The summed E-state index contributed by atoms with van der Waals surface area (Å²) in [4.78, 5) is 15.4. The molecule has 3 heterocycles. The van der Waals surface area contributed by atoms with Crippen molar-refractivity contribution in [3.63, 3.8) is 0 Å². The van der Waals surface area contributed by atoms with Crippen LogP contribution in [0.1, 0.15) is 25.0 Å². The highest BCUT2D eigenvalue weighted by Gasteiger charge is 2.50. The van der Waals surface area contributed by atoms with Crippen molar-refractivity contribution in [1.29, 1.82) is 0 Å². The van der Waals surface area contributed by atoms with E-state index in [9.17, 15) is 13.2 Å². The lowest BCUT2D eigenvalue weighted by Crippen LogP contribution is -2.55. The molecule has 12 heteroatoms. The molecule has 0 aliphatic carbocycles. The number of ether oxygens (including phenoxy) is 1.